The van der Waals surface area contributed by atoms with Crippen molar-refractivity contribution in [2.75, 3.05) is 13.7 Å². The molecule has 4 aromatic carbocycles. The zero-order chi connectivity index (χ0) is 45.7. The Balaban J connectivity index is 1.35. The number of carbonyl (C=O) groups excluding carboxylic acids is 2. The molecule has 1 aromatic heterocycles. The summed E-state index contributed by atoms with van der Waals surface area (Å²) < 4.78 is 64.1. The van der Waals surface area contributed by atoms with Crippen LogP contribution in [0.15, 0.2) is 112 Å². The van der Waals surface area contributed by atoms with E-state index in [2.05, 4.69) is 30.1 Å². The van der Waals surface area contributed by atoms with Crippen molar-refractivity contribution in [2.24, 2.45) is 10.7 Å². The van der Waals surface area contributed by atoms with Crippen LogP contribution < -0.4 is 30.5 Å². The van der Waals surface area contributed by atoms with Gasteiger partial charge in [0, 0.05) is 24.5 Å². The number of rotatable bonds is 21. The van der Waals surface area contributed by atoms with Gasteiger partial charge in [-0.2, -0.15) is 0 Å². The standard InChI is InChI=1S/C45H55N7O8S3/c1-29-14-12-19-35(24-29)27-37(50-43(55)38(26-33-15-8-6-9-16-33)51-62(56,57)28-34-17-10-7-11-18-34)42(54)49-36(40(53)44-47-22-23-61-44)20-13-21-48-45(46)52-63(58,59)41-30(2)25-39(60-5)31(3)32(41)4/h6-12,14-19,22-25,36-38,40,51,53H,13,20-21,26-28H2,1-5H3,(H,49,54)(H,50,55)(H3,46,48,52)/t36-,37-,38+,40?/m0/s1. The largest absolute Gasteiger partial charge is 0.496 e. The topological polar surface area (TPSA) is 231 Å². The fourth-order valence-electron chi connectivity index (χ4n) is 7.17. The lowest BCUT2D eigenvalue weighted by molar-refractivity contribution is -0.130. The van der Waals surface area contributed by atoms with E-state index in [9.17, 15) is 31.5 Å². The molecule has 7 N–H and O–H groups in total. The number of aryl methyl sites for hydroxylation is 2. The van der Waals surface area contributed by atoms with Gasteiger partial charge in [0.15, 0.2) is 0 Å². The van der Waals surface area contributed by atoms with Gasteiger partial charge in [-0.3, -0.25) is 14.6 Å². The number of aliphatic hydroxyl groups excluding tert-OH is 1. The monoisotopic (exact) mass is 917 g/mol. The molecule has 1 unspecified atom stereocenters. The minimum absolute atomic E-state index is 0.00359. The number of benzene rings is 4. The zero-order valence-corrected chi connectivity index (χ0v) is 38.3. The summed E-state index contributed by atoms with van der Waals surface area (Å²) in [6.45, 7) is 7.03. The molecule has 1 heterocycles. The maximum atomic E-state index is 14.4. The van der Waals surface area contributed by atoms with Crippen LogP contribution in [0.25, 0.3) is 0 Å². The molecule has 0 radical (unpaired) electrons. The van der Waals surface area contributed by atoms with Crippen molar-refractivity contribution >= 4 is 49.2 Å². The number of aromatic nitrogens is 1. The number of aliphatic imine (C=N–C) groups is 1. The highest BCUT2D eigenvalue weighted by Crippen LogP contribution is 2.30. The average Bonchev–Trinajstić information content (AvgIpc) is 3.78. The number of sulfonamides is 2. The highest BCUT2D eigenvalue weighted by atomic mass is 32.2. The smallest absolute Gasteiger partial charge is 0.264 e. The molecule has 15 nitrogen and oxygen atoms in total. The minimum atomic E-state index is -4.12. The number of carbonyl (C=O) groups is 2. The molecule has 0 aliphatic heterocycles. The molecule has 336 valence electrons. The van der Waals surface area contributed by atoms with Crippen molar-refractivity contribution < 1.29 is 36.3 Å². The summed E-state index contributed by atoms with van der Waals surface area (Å²) in [4.78, 5) is 37.2. The van der Waals surface area contributed by atoms with Gasteiger partial charge in [0.2, 0.25) is 27.8 Å². The second kappa shape index (κ2) is 22.1. The quantitative estimate of drug-likeness (QED) is 0.0345. The average molecular weight is 918 g/mol. The number of hydrogen-bond donors (Lipinski definition) is 6. The number of nitrogens with one attached hydrogen (secondary N) is 4. The molecule has 5 rings (SSSR count). The molecule has 63 heavy (non-hydrogen) atoms. The summed E-state index contributed by atoms with van der Waals surface area (Å²) in [7, 11) is -6.64. The van der Waals surface area contributed by atoms with Gasteiger partial charge in [-0.1, -0.05) is 90.5 Å². The molecule has 0 saturated carbocycles. The Morgan fingerprint density at radius 1 is 0.825 bits per heavy atom. The van der Waals surface area contributed by atoms with Crippen LogP contribution in [0.2, 0.25) is 0 Å². The summed E-state index contributed by atoms with van der Waals surface area (Å²) in [5.41, 5.74) is 10.6. The molecule has 0 fully saturated rings. The Hall–Kier alpha value is -5.66. The number of hydrogen-bond acceptors (Lipinski definition) is 11. The maximum Gasteiger partial charge on any atom is 0.264 e. The van der Waals surface area contributed by atoms with Crippen molar-refractivity contribution in [3.05, 3.63) is 147 Å². The third-order valence-electron chi connectivity index (χ3n) is 10.4. The Morgan fingerprint density at radius 3 is 2.10 bits per heavy atom. The number of guanidine groups is 1. The lowest BCUT2D eigenvalue weighted by Crippen LogP contribution is -2.56. The van der Waals surface area contributed by atoms with Crippen LogP contribution >= 0.6 is 11.3 Å². The SMILES string of the molecule is COc1cc(C)c(S(=O)(=O)NC(N)=NCCC[C@H](NC(=O)[C@H](Cc2cccc(C)c2)NC(=O)[C@@H](Cc2ccccc2)NS(=O)(=O)Cc2ccccc2)C(O)c2nccs2)c(C)c1C. The van der Waals surface area contributed by atoms with E-state index < -0.39 is 56.1 Å². The lowest BCUT2D eigenvalue weighted by Gasteiger charge is -2.27. The number of nitrogens with zero attached hydrogens (tertiary/aromatic N) is 2. The van der Waals surface area contributed by atoms with Crippen molar-refractivity contribution in [3.8, 4) is 5.75 Å². The number of ether oxygens (including phenoxy) is 1. The molecule has 0 aliphatic carbocycles. The third kappa shape index (κ3) is 13.9. The van der Waals surface area contributed by atoms with E-state index in [0.29, 0.717) is 38.6 Å². The van der Waals surface area contributed by atoms with E-state index in [4.69, 9.17) is 10.5 Å². The molecule has 0 bridgehead atoms. The van der Waals surface area contributed by atoms with Gasteiger partial charge in [-0.25, -0.2) is 31.3 Å². The number of thiazole rings is 1. The van der Waals surface area contributed by atoms with Gasteiger partial charge in [-0.15, -0.1) is 11.3 Å². The second-order valence-corrected chi connectivity index (χ2v) is 19.6. The Morgan fingerprint density at radius 2 is 1.46 bits per heavy atom. The van der Waals surface area contributed by atoms with Gasteiger partial charge in [0.05, 0.1) is 23.8 Å². The van der Waals surface area contributed by atoms with Crippen molar-refractivity contribution in [2.45, 2.75) is 88.3 Å². The number of nitrogens with two attached hydrogens (primary N) is 1. The summed E-state index contributed by atoms with van der Waals surface area (Å²) in [5.74, 6) is -1.49. The van der Waals surface area contributed by atoms with Gasteiger partial charge >= 0.3 is 0 Å². The van der Waals surface area contributed by atoms with Gasteiger partial charge in [-0.05, 0) is 86.4 Å². The van der Waals surface area contributed by atoms with Crippen LogP contribution in [0.1, 0.15) is 62.9 Å². The van der Waals surface area contributed by atoms with E-state index in [1.54, 1.807) is 86.8 Å². The minimum Gasteiger partial charge on any atom is -0.496 e. The van der Waals surface area contributed by atoms with E-state index in [1.165, 1.54) is 24.6 Å². The fraction of sp³-hybridized carbons (Fsp3) is 0.333. The lowest BCUT2D eigenvalue weighted by atomic mass is 10.00. The molecule has 5 aromatic rings. The maximum absolute atomic E-state index is 14.4. The van der Waals surface area contributed by atoms with Gasteiger partial charge in [0.25, 0.3) is 10.0 Å². The van der Waals surface area contributed by atoms with E-state index in [0.717, 1.165) is 11.1 Å². The van der Waals surface area contributed by atoms with E-state index in [-0.39, 0.29) is 48.8 Å². The first-order chi connectivity index (χ1) is 30.0. The Labute approximate surface area is 373 Å². The van der Waals surface area contributed by atoms with Gasteiger partial charge in [0.1, 0.15) is 28.9 Å². The summed E-state index contributed by atoms with van der Waals surface area (Å²) in [6, 6.07) is 23.2. The second-order valence-electron chi connectivity index (χ2n) is 15.3. The zero-order valence-electron chi connectivity index (χ0n) is 35.9. The first-order valence-electron chi connectivity index (χ1n) is 20.3. The normalized spacial score (nSPS) is 14.0. The van der Waals surface area contributed by atoms with Crippen LogP contribution in [0.4, 0.5) is 0 Å². The van der Waals surface area contributed by atoms with Crippen LogP contribution in [0.3, 0.4) is 0 Å². The van der Waals surface area contributed by atoms with Crippen LogP contribution in [-0.2, 0) is 48.2 Å². The number of aliphatic hydroxyl groups is 1. The Kier molecular flexibility index (Phi) is 17.0. The number of amides is 2. The van der Waals surface area contributed by atoms with Crippen LogP contribution in [0, 0.1) is 27.7 Å². The molecule has 0 saturated heterocycles. The predicted octanol–water partition coefficient (Wildman–Crippen LogP) is 4.44. The Bertz CT molecular complexity index is 2580. The number of methoxy groups -OCH3 is 1. The van der Waals surface area contributed by atoms with Crippen molar-refractivity contribution in [1.82, 2.24) is 25.1 Å². The third-order valence-corrected chi connectivity index (χ3v) is 14.2. The molecular weight excluding hydrogens is 863 g/mol. The van der Waals surface area contributed by atoms with E-state index >= 15 is 0 Å². The van der Waals surface area contributed by atoms with Crippen molar-refractivity contribution in [1.29, 1.82) is 0 Å². The molecule has 4 atom stereocenters. The fourth-order valence-corrected chi connectivity index (χ4v) is 10.7. The first kappa shape index (κ1) is 48.4. The summed E-state index contributed by atoms with van der Waals surface area (Å²) in [5, 5.41) is 19.3. The molecule has 18 heteroatoms. The summed E-state index contributed by atoms with van der Waals surface area (Å²) in [6.07, 6.45) is 0.703. The summed E-state index contributed by atoms with van der Waals surface area (Å²) >= 11 is 1.19. The van der Waals surface area contributed by atoms with E-state index in [1.807, 2.05) is 37.3 Å². The highest BCUT2D eigenvalue weighted by molar-refractivity contribution is 7.90. The van der Waals surface area contributed by atoms with Crippen molar-refractivity contribution in [3.63, 3.8) is 0 Å². The highest BCUT2D eigenvalue weighted by Gasteiger charge is 2.32. The molecule has 0 aliphatic rings. The molecule has 2 amide bonds. The molecular formula is C45H55N7O8S3. The van der Waals surface area contributed by atoms with Crippen LogP contribution in [-0.4, -0.2) is 76.5 Å². The van der Waals surface area contributed by atoms with Crippen LogP contribution in [0.5, 0.6) is 5.75 Å². The predicted molar refractivity (Wildman–Crippen MR) is 245 cm³/mol. The van der Waals surface area contributed by atoms with Gasteiger partial charge < -0.3 is 26.2 Å². The molecule has 0 spiro atoms. The first-order valence-corrected chi connectivity index (χ1v) is 24.3.